The Hall–Kier alpha value is -3.15. The fourth-order valence-corrected chi connectivity index (χ4v) is 4.02. The lowest BCUT2D eigenvalue weighted by Crippen LogP contribution is -2.47. The molecule has 2 aromatic rings. The van der Waals surface area contributed by atoms with Crippen LogP contribution >= 0.6 is 0 Å². The zero-order chi connectivity index (χ0) is 19.0. The Labute approximate surface area is 157 Å². The number of aryl methyl sites for hydroxylation is 2. The van der Waals surface area contributed by atoms with Gasteiger partial charge < -0.3 is 10.6 Å². The molecule has 0 aromatic heterocycles. The number of benzene rings is 2. The van der Waals surface area contributed by atoms with E-state index in [1.807, 2.05) is 49.4 Å². The number of imide groups is 1. The van der Waals surface area contributed by atoms with E-state index in [0.717, 1.165) is 34.4 Å². The summed E-state index contributed by atoms with van der Waals surface area (Å²) in [5.41, 5.74) is 2.53. The predicted molar refractivity (Wildman–Crippen MR) is 101 cm³/mol. The van der Waals surface area contributed by atoms with E-state index in [0.29, 0.717) is 12.1 Å². The summed E-state index contributed by atoms with van der Waals surface area (Å²) in [5, 5.41) is 5.61. The molecule has 1 fully saturated rings. The molecule has 6 nitrogen and oxygen atoms in total. The number of hydrogen-bond acceptors (Lipinski definition) is 3. The second-order valence-corrected chi connectivity index (χ2v) is 7.16. The zero-order valence-electron chi connectivity index (χ0n) is 15.1. The maximum atomic E-state index is 13.2. The third-order valence-corrected chi connectivity index (χ3v) is 5.25. The topological polar surface area (TPSA) is 78.5 Å². The standard InChI is InChI=1S/C21H21N3O3/c1-14-6-4-9-16(12-14)22-18(25)13-24-19(26)21(23-20(24)27)11-5-8-15-7-2-3-10-17(15)21/h2-4,6-7,9-10,12H,5,8,11,13H2,1H3,(H,22,25)(H,23,27)/t21-/m1/s1. The van der Waals surface area contributed by atoms with Gasteiger partial charge in [0, 0.05) is 5.69 Å². The van der Waals surface area contributed by atoms with Gasteiger partial charge in [0.1, 0.15) is 12.1 Å². The van der Waals surface area contributed by atoms with E-state index in [2.05, 4.69) is 10.6 Å². The molecule has 1 spiro atoms. The SMILES string of the molecule is Cc1cccc(NC(=O)CN2C(=O)N[C@@]3(CCCc4ccccc43)C2=O)c1. The number of fused-ring (bicyclic) bond motifs is 2. The van der Waals surface area contributed by atoms with E-state index in [-0.39, 0.29) is 12.5 Å². The average Bonchev–Trinajstić information content (AvgIpc) is 2.87. The number of nitrogens with zero attached hydrogens (tertiary/aromatic N) is 1. The molecule has 1 atom stereocenters. The average molecular weight is 363 g/mol. The number of rotatable bonds is 3. The monoisotopic (exact) mass is 363 g/mol. The molecule has 2 aromatic carbocycles. The summed E-state index contributed by atoms with van der Waals surface area (Å²) in [4.78, 5) is 39.1. The lowest BCUT2D eigenvalue weighted by molar-refractivity contribution is -0.134. The van der Waals surface area contributed by atoms with Crippen molar-refractivity contribution in [2.75, 3.05) is 11.9 Å². The maximum Gasteiger partial charge on any atom is 0.325 e. The van der Waals surface area contributed by atoms with Crippen LogP contribution in [-0.2, 0) is 21.5 Å². The van der Waals surface area contributed by atoms with Crippen LogP contribution in [0.4, 0.5) is 10.5 Å². The molecule has 6 heteroatoms. The first-order chi connectivity index (χ1) is 13.0. The predicted octanol–water partition coefficient (Wildman–Crippen LogP) is 2.72. The second-order valence-electron chi connectivity index (χ2n) is 7.16. The van der Waals surface area contributed by atoms with Crippen molar-refractivity contribution in [1.29, 1.82) is 0 Å². The molecule has 2 N–H and O–H groups in total. The van der Waals surface area contributed by atoms with Crippen LogP contribution in [0.3, 0.4) is 0 Å². The molecule has 0 bridgehead atoms. The van der Waals surface area contributed by atoms with Crippen molar-refractivity contribution in [3.8, 4) is 0 Å². The van der Waals surface area contributed by atoms with Crippen LogP contribution in [0.5, 0.6) is 0 Å². The zero-order valence-corrected chi connectivity index (χ0v) is 15.1. The summed E-state index contributed by atoms with van der Waals surface area (Å²) < 4.78 is 0. The van der Waals surface area contributed by atoms with Gasteiger partial charge in [0.25, 0.3) is 5.91 Å². The summed E-state index contributed by atoms with van der Waals surface area (Å²) in [6, 6.07) is 14.6. The number of carbonyl (C=O) groups is 3. The molecular formula is C21H21N3O3. The van der Waals surface area contributed by atoms with Crippen molar-refractivity contribution in [3.05, 3.63) is 65.2 Å². The molecule has 2 aliphatic rings. The van der Waals surface area contributed by atoms with Gasteiger partial charge in [-0.1, -0.05) is 36.4 Å². The van der Waals surface area contributed by atoms with E-state index in [4.69, 9.17) is 0 Å². The highest BCUT2D eigenvalue weighted by atomic mass is 16.2. The van der Waals surface area contributed by atoms with Crippen LogP contribution in [0.1, 0.15) is 29.5 Å². The Balaban J connectivity index is 1.55. The Kier molecular flexibility index (Phi) is 4.18. The van der Waals surface area contributed by atoms with Gasteiger partial charge in [-0.05, 0) is 55.0 Å². The van der Waals surface area contributed by atoms with Crippen molar-refractivity contribution in [1.82, 2.24) is 10.2 Å². The van der Waals surface area contributed by atoms with Crippen LogP contribution in [0.25, 0.3) is 0 Å². The molecule has 0 radical (unpaired) electrons. The summed E-state index contributed by atoms with van der Waals surface area (Å²) in [6.45, 7) is 1.62. The van der Waals surface area contributed by atoms with Crippen molar-refractivity contribution in [2.24, 2.45) is 0 Å². The third kappa shape index (κ3) is 2.97. The Morgan fingerprint density at radius 3 is 2.81 bits per heavy atom. The second kappa shape index (κ2) is 6.54. The largest absolute Gasteiger partial charge is 0.325 e. The van der Waals surface area contributed by atoms with Crippen LogP contribution in [0, 0.1) is 6.92 Å². The van der Waals surface area contributed by atoms with Gasteiger partial charge in [0.05, 0.1) is 0 Å². The highest BCUT2D eigenvalue weighted by Crippen LogP contribution is 2.39. The third-order valence-electron chi connectivity index (χ3n) is 5.25. The first-order valence-corrected chi connectivity index (χ1v) is 9.09. The highest BCUT2D eigenvalue weighted by molar-refractivity contribution is 6.10. The molecule has 4 amide bonds. The number of anilines is 1. The minimum absolute atomic E-state index is 0.303. The summed E-state index contributed by atoms with van der Waals surface area (Å²) in [5.74, 6) is -0.746. The number of carbonyl (C=O) groups excluding carboxylic acids is 3. The van der Waals surface area contributed by atoms with Crippen molar-refractivity contribution < 1.29 is 14.4 Å². The molecular weight excluding hydrogens is 342 g/mol. The molecule has 1 aliphatic carbocycles. The first-order valence-electron chi connectivity index (χ1n) is 9.09. The number of nitrogens with one attached hydrogen (secondary N) is 2. The van der Waals surface area contributed by atoms with Gasteiger partial charge in [-0.25, -0.2) is 4.79 Å². The van der Waals surface area contributed by atoms with Crippen molar-refractivity contribution >= 4 is 23.5 Å². The Morgan fingerprint density at radius 2 is 2.00 bits per heavy atom. The van der Waals surface area contributed by atoms with E-state index in [1.54, 1.807) is 6.07 Å². The number of hydrogen-bond donors (Lipinski definition) is 2. The lowest BCUT2D eigenvalue weighted by atomic mass is 9.76. The minimum Gasteiger partial charge on any atom is -0.325 e. The van der Waals surface area contributed by atoms with Gasteiger partial charge in [0.15, 0.2) is 0 Å². The lowest BCUT2D eigenvalue weighted by Gasteiger charge is -2.33. The molecule has 1 aliphatic heterocycles. The van der Waals surface area contributed by atoms with E-state index in [9.17, 15) is 14.4 Å². The van der Waals surface area contributed by atoms with Gasteiger partial charge in [-0.15, -0.1) is 0 Å². The highest BCUT2D eigenvalue weighted by Gasteiger charge is 2.54. The number of urea groups is 1. The minimum atomic E-state index is -1.05. The smallest absolute Gasteiger partial charge is 0.325 e. The normalized spacial score (nSPS) is 21.1. The Bertz CT molecular complexity index is 940. The molecule has 1 heterocycles. The van der Waals surface area contributed by atoms with Gasteiger partial charge >= 0.3 is 6.03 Å². The van der Waals surface area contributed by atoms with Gasteiger partial charge in [-0.3, -0.25) is 14.5 Å². The van der Waals surface area contributed by atoms with E-state index < -0.39 is 17.5 Å². The first kappa shape index (κ1) is 17.3. The molecule has 0 saturated carbocycles. The molecule has 27 heavy (non-hydrogen) atoms. The van der Waals surface area contributed by atoms with E-state index >= 15 is 0 Å². The summed E-state index contributed by atoms with van der Waals surface area (Å²) in [7, 11) is 0. The van der Waals surface area contributed by atoms with E-state index in [1.165, 1.54) is 0 Å². The van der Waals surface area contributed by atoms with Crippen LogP contribution in [0.15, 0.2) is 48.5 Å². The maximum absolute atomic E-state index is 13.2. The van der Waals surface area contributed by atoms with Crippen LogP contribution in [0.2, 0.25) is 0 Å². The fraction of sp³-hybridized carbons (Fsp3) is 0.286. The van der Waals surface area contributed by atoms with Crippen LogP contribution in [-0.4, -0.2) is 29.3 Å². The molecule has 1 saturated heterocycles. The number of amides is 4. The van der Waals surface area contributed by atoms with Crippen molar-refractivity contribution in [2.45, 2.75) is 31.7 Å². The van der Waals surface area contributed by atoms with Gasteiger partial charge in [0.2, 0.25) is 5.91 Å². The molecule has 0 unspecified atom stereocenters. The molecule has 138 valence electrons. The summed E-state index contributed by atoms with van der Waals surface area (Å²) >= 11 is 0. The quantitative estimate of drug-likeness (QED) is 0.823. The fourth-order valence-electron chi connectivity index (χ4n) is 4.02. The van der Waals surface area contributed by atoms with Crippen molar-refractivity contribution in [3.63, 3.8) is 0 Å². The van der Waals surface area contributed by atoms with Crippen LogP contribution < -0.4 is 10.6 Å². The molecule has 4 rings (SSSR count). The van der Waals surface area contributed by atoms with Gasteiger partial charge in [-0.2, -0.15) is 0 Å². The Morgan fingerprint density at radius 1 is 1.19 bits per heavy atom. The summed E-state index contributed by atoms with van der Waals surface area (Å²) in [6.07, 6.45) is 2.24.